The number of rotatable bonds is 7. The summed E-state index contributed by atoms with van der Waals surface area (Å²) in [5, 5.41) is 25.3. The lowest BCUT2D eigenvalue weighted by Crippen LogP contribution is -2.46. The first-order valence-electron chi connectivity index (χ1n) is 7.76. The van der Waals surface area contributed by atoms with Crippen molar-refractivity contribution in [2.75, 3.05) is 13.7 Å². The summed E-state index contributed by atoms with van der Waals surface area (Å²) in [6.45, 7) is 2.59. The van der Waals surface area contributed by atoms with Crippen LogP contribution in [-0.4, -0.2) is 51.1 Å². The third-order valence-corrected chi connectivity index (χ3v) is 3.82. The highest BCUT2D eigenvalue weighted by Crippen LogP contribution is 2.24. The standard InChI is InChI=1S/C17H21N3O5/c1-4-12-11(15(21)18-10-17(2,24)16(22)23)9-19-20(12)13-7-5-6-8-14(13)25-3/h5-9,24H,4,10H2,1-3H3,(H,18,21)(H,22,23). The van der Waals surface area contributed by atoms with Gasteiger partial charge >= 0.3 is 5.97 Å². The Morgan fingerprint density at radius 1 is 1.36 bits per heavy atom. The van der Waals surface area contributed by atoms with E-state index in [2.05, 4.69) is 10.4 Å². The van der Waals surface area contributed by atoms with Crippen molar-refractivity contribution in [2.24, 2.45) is 0 Å². The van der Waals surface area contributed by atoms with Crippen LogP contribution in [0.15, 0.2) is 30.5 Å². The molecule has 8 heteroatoms. The number of methoxy groups -OCH3 is 1. The topological polar surface area (TPSA) is 114 Å². The van der Waals surface area contributed by atoms with Crippen molar-refractivity contribution in [3.8, 4) is 11.4 Å². The average molecular weight is 347 g/mol. The highest BCUT2D eigenvalue weighted by Gasteiger charge is 2.31. The maximum absolute atomic E-state index is 12.4. The van der Waals surface area contributed by atoms with E-state index >= 15 is 0 Å². The number of nitrogens with one attached hydrogen (secondary N) is 1. The van der Waals surface area contributed by atoms with Crippen molar-refractivity contribution in [2.45, 2.75) is 25.9 Å². The van der Waals surface area contributed by atoms with Crippen LogP contribution in [-0.2, 0) is 11.2 Å². The van der Waals surface area contributed by atoms with Crippen LogP contribution < -0.4 is 10.1 Å². The molecular weight excluding hydrogens is 326 g/mol. The Balaban J connectivity index is 2.31. The third-order valence-electron chi connectivity index (χ3n) is 3.82. The fourth-order valence-corrected chi connectivity index (χ4v) is 2.34. The number of amides is 1. The molecule has 1 heterocycles. The zero-order valence-electron chi connectivity index (χ0n) is 14.3. The minimum absolute atomic E-state index is 0.314. The van der Waals surface area contributed by atoms with Crippen LogP contribution in [0.2, 0.25) is 0 Å². The Labute approximate surface area is 145 Å². The number of aromatic nitrogens is 2. The predicted molar refractivity (Wildman–Crippen MR) is 90.1 cm³/mol. The number of carboxylic acids is 1. The molecule has 0 aliphatic carbocycles. The number of aliphatic hydroxyl groups is 1. The molecule has 25 heavy (non-hydrogen) atoms. The minimum Gasteiger partial charge on any atom is -0.494 e. The lowest BCUT2D eigenvalue weighted by molar-refractivity contribution is -0.155. The van der Waals surface area contributed by atoms with E-state index in [-0.39, 0.29) is 0 Å². The molecule has 2 aromatic rings. The van der Waals surface area contributed by atoms with Gasteiger partial charge in [-0.2, -0.15) is 5.10 Å². The number of carbonyl (C=O) groups excluding carboxylic acids is 1. The Kier molecular flexibility index (Phi) is 5.43. The van der Waals surface area contributed by atoms with Crippen molar-refractivity contribution >= 4 is 11.9 Å². The van der Waals surface area contributed by atoms with Crippen molar-refractivity contribution in [1.29, 1.82) is 0 Å². The Morgan fingerprint density at radius 2 is 2.04 bits per heavy atom. The van der Waals surface area contributed by atoms with Gasteiger partial charge in [-0.1, -0.05) is 19.1 Å². The van der Waals surface area contributed by atoms with Crippen molar-refractivity contribution < 1.29 is 24.5 Å². The minimum atomic E-state index is -2.04. The summed E-state index contributed by atoms with van der Waals surface area (Å²) in [4.78, 5) is 23.3. The van der Waals surface area contributed by atoms with Gasteiger partial charge in [0.1, 0.15) is 11.4 Å². The van der Waals surface area contributed by atoms with E-state index in [0.29, 0.717) is 29.1 Å². The first kappa shape index (κ1) is 18.5. The van der Waals surface area contributed by atoms with Crippen LogP contribution in [0.4, 0.5) is 0 Å². The van der Waals surface area contributed by atoms with E-state index in [1.54, 1.807) is 17.9 Å². The van der Waals surface area contributed by atoms with Gasteiger partial charge in [0.2, 0.25) is 0 Å². The molecule has 0 spiro atoms. The summed E-state index contributed by atoms with van der Waals surface area (Å²) in [6, 6.07) is 7.28. The highest BCUT2D eigenvalue weighted by molar-refractivity contribution is 5.95. The number of benzene rings is 1. The van der Waals surface area contributed by atoms with Gasteiger partial charge in [0, 0.05) is 0 Å². The van der Waals surface area contributed by atoms with Crippen LogP contribution in [0.5, 0.6) is 5.75 Å². The molecule has 2 rings (SSSR count). The molecule has 0 bridgehead atoms. The third kappa shape index (κ3) is 3.80. The van der Waals surface area contributed by atoms with Gasteiger partial charge in [0.15, 0.2) is 5.60 Å². The number of para-hydroxylation sites is 2. The lowest BCUT2D eigenvalue weighted by atomic mass is 10.1. The van der Waals surface area contributed by atoms with Gasteiger partial charge in [-0.15, -0.1) is 0 Å². The van der Waals surface area contributed by atoms with E-state index < -0.39 is 24.0 Å². The molecule has 0 fully saturated rings. The van der Waals surface area contributed by atoms with Crippen molar-refractivity contribution in [3.63, 3.8) is 0 Å². The lowest BCUT2D eigenvalue weighted by Gasteiger charge is -2.18. The average Bonchev–Trinajstić information content (AvgIpc) is 3.03. The maximum atomic E-state index is 12.4. The number of carboxylic acid groups (broad SMARTS) is 1. The smallest absolute Gasteiger partial charge is 0.337 e. The van der Waals surface area contributed by atoms with Gasteiger partial charge in [0.25, 0.3) is 5.91 Å². The Hall–Kier alpha value is -2.87. The number of ether oxygens (including phenoxy) is 1. The van der Waals surface area contributed by atoms with Gasteiger partial charge < -0.3 is 20.3 Å². The van der Waals surface area contributed by atoms with E-state index in [1.807, 2.05) is 25.1 Å². The molecule has 0 saturated carbocycles. The molecule has 1 aromatic heterocycles. The van der Waals surface area contributed by atoms with Gasteiger partial charge in [-0.25, -0.2) is 9.48 Å². The summed E-state index contributed by atoms with van der Waals surface area (Å²) in [5.74, 6) is -1.30. The predicted octanol–water partition coefficient (Wildman–Crippen LogP) is 1.01. The second-order valence-corrected chi connectivity index (χ2v) is 5.70. The number of aliphatic carboxylic acids is 1. The van der Waals surface area contributed by atoms with E-state index in [0.717, 1.165) is 6.92 Å². The quantitative estimate of drug-likeness (QED) is 0.689. The SMILES string of the molecule is CCc1c(C(=O)NCC(C)(O)C(=O)O)cnn1-c1ccccc1OC. The highest BCUT2D eigenvalue weighted by atomic mass is 16.5. The van der Waals surface area contributed by atoms with Gasteiger partial charge in [0.05, 0.1) is 31.1 Å². The summed E-state index contributed by atoms with van der Waals surface area (Å²) < 4.78 is 6.94. The molecule has 1 atom stereocenters. The van der Waals surface area contributed by atoms with Gasteiger partial charge in [-0.3, -0.25) is 4.79 Å². The molecule has 8 nitrogen and oxygen atoms in total. The molecule has 0 aliphatic rings. The normalized spacial score (nSPS) is 13.1. The Bertz CT molecular complexity index is 782. The number of hydrogen-bond acceptors (Lipinski definition) is 5. The van der Waals surface area contributed by atoms with Crippen molar-refractivity contribution in [1.82, 2.24) is 15.1 Å². The summed E-state index contributed by atoms with van der Waals surface area (Å²) in [6.07, 6.45) is 1.94. The zero-order valence-corrected chi connectivity index (χ0v) is 14.3. The van der Waals surface area contributed by atoms with Crippen LogP contribution in [0, 0.1) is 0 Å². The molecule has 1 aromatic carbocycles. The molecule has 0 radical (unpaired) electrons. The van der Waals surface area contributed by atoms with Crippen molar-refractivity contribution in [3.05, 3.63) is 41.7 Å². The fraction of sp³-hybridized carbons (Fsp3) is 0.353. The molecule has 3 N–H and O–H groups in total. The largest absolute Gasteiger partial charge is 0.494 e. The Morgan fingerprint density at radius 3 is 2.64 bits per heavy atom. The molecule has 0 aliphatic heterocycles. The number of nitrogens with zero attached hydrogens (tertiary/aromatic N) is 2. The second-order valence-electron chi connectivity index (χ2n) is 5.70. The zero-order chi connectivity index (χ0) is 18.6. The molecular formula is C17H21N3O5. The fourth-order valence-electron chi connectivity index (χ4n) is 2.34. The number of carbonyl (C=O) groups is 2. The summed E-state index contributed by atoms with van der Waals surface area (Å²) in [5.41, 5.74) is -0.384. The first-order valence-corrected chi connectivity index (χ1v) is 7.76. The van der Waals surface area contributed by atoms with E-state index in [9.17, 15) is 14.7 Å². The second kappa shape index (κ2) is 7.35. The van der Waals surface area contributed by atoms with Gasteiger partial charge in [-0.05, 0) is 25.5 Å². The molecule has 0 saturated heterocycles. The monoisotopic (exact) mass is 347 g/mol. The van der Waals surface area contributed by atoms with E-state index in [1.165, 1.54) is 6.20 Å². The number of hydrogen-bond donors (Lipinski definition) is 3. The van der Waals surface area contributed by atoms with Crippen LogP contribution in [0.1, 0.15) is 29.9 Å². The maximum Gasteiger partial charge on any atom is 0.337 e. The first-order chi connectivity index (χ1) is 11.8. The summed E-state index contributed by atoms with van der Waals surface area (Å²) in [7, 11) is 1.55. The molecule has 1 unspecified atom stereocenters. The molecule has 1 amide bonds. The molecule has 134 valence electrons. The van der Waals surface area contributed by atoms with E-state index in [4.69, 9.17) is 9.84 Å². The van der Waals surface area contributed by atoms with Crippen LogP contribution in [0.25, 0.3) is 5.69 Å². The van der Waals surface area contributed by atoms with Crippen LogP contribution in [0.3, 0.4) is 0 Å². The summed E-state index contributed by atoms with van der Waals surface area (Å²) >= 11 is 0. The van der Waals surface area contributed by atoms with Crippen LogP contribution >= 0.6 is 0 Å².